The lowest BCUT2D eigenvalue weighted by Gasteiger charge is -2.47. The predicted molar refractivity (Wildman–Crippen MR) is 130 cm³/mol. The van der Waals surface area contributed by atoms with Gasteiger partial charge < -0.3 is 10.3 Å². The molecular weight excluding hydrogens is 412 g/mol. The number of imide groups is 1. The van der Waals surface area contributed by atoms with Gasteiger partial charge in [-0.3, -0.25) is 15.0 Å². The van der Waals surface area contributed by atoms with Gasteiger partial charge in [0.1, 0.15) is 0 Å². The van der Waals surface area contributed by atoms with E-state index in [9.17, 15) is 9.59 Å². The number of nitrogens with zero attached hydrogens (tertiary/aromatic N) is 1. The maximum absolute atomic E-state index is 12.2. The molecule has 3 aromatic rings. The topological polar surface area (TPSA) is 77.2 Å². The molecule has 3 amide bonds. The van der Waals surface area contributed by atoms with Crippen molar-refractivity contribution in [3.8, 4) is 0 Å². The Hall–Kier alpha value is -3.12. The van der Waals surface area contributed by atoms with Crippen LogP contribution >= 0.6 is 0 Å². The summed E-state index contributed by atoms with van der Waals surface area (Å²) in [6.07, 6.45) is 6.49. The molecule has 1 fully saturated rings. The number of nitrogens with one attached hydrogen (secondary N) is 3. The average Bonchev–Trinajstić information content (AvgIpc) is 3.25. The van der Waals surface area contributed by atoms with Crippen LogP contribution in [0.3, 0.4) is 0 Å². The van der Waals surface area contributed by atoms with Crippen LogP contribution in [0.25, 0.3) is 10.9 Å². The summed E-state index contributed by atoms with van der Waals surface area (Å²) in [6, 6.07) is 15.6. The van der Waals surface area contributed by atoms with Crippen LogP contribution in [0.2, 0.25) is 0 Å². The molecule has 2 heterocycles. The summed E-state index contributed by atoms with van der Waals surface area (Å²) in [5.74, 6) is 0.662. The first-order chi connectivity index (χ1) is 16.1. The molecule has 1 aliphatic carbocycles. The minimum Gasteiger partial charge on any atom is -0.361 e. The summed E-state index contributed by atoms with van der Waals surface area (Å²) >= 11 is 0. The zero-order chi connectivity index (χ0) is 22.8. The van der Waals surface area contributed by atoms with Crippen molar-refractivity contribution in [2.75, 3.05) is 19.6 Å². The summed E-state index contributed by atoms with van der Waals surface area (Å²) in [7, 11) is 0. The minimum atomic E-state index is -0.428. The minimum absolute atomic E-state index is 0.375. The zero-order valence-corrected chi connectivity index (χ0v) is 19.1. The van der Waals surface area contributed by atoms with Crippen molar-refractivity contribution in [3.05, 3.63) is 71.4 Å². The maximum atomic E-state index is 12.2. The standard InChI is InChI=1S/C27H32N4O2/c1-2-13-31-17-18(11-12-28-27(33)30-26(32)19-7-4-3-5-8-19)14-22-21-9-6-10-23-25(21)20(16-29-23)15-24(22)31/h3-10,16,18,22,24,29H,2,11-15,17H2,1H3,(H2,28,30,32,33)/t18-,22-,24-/m1/s1. The number of aromatic nitrogens is 1. The van der Waals surface area contributed by atoms with Gasteiger partial charge in [-0.15, -0.1) is 0 Å². The molecule has 33 heavy (non-hydrogen) atoms. The number of aromatic amines is 1. The summed E-state index contributed by atoms with van der Waals surface area (Å²) in [4.78, 5) is 30.6. The number of H-pyrrole nitrogens is 1. The highest BCUT2D eigenvalue weighted by atomic mass is 16.2. The molecular formula is C27H32N4O2. The molecule has 1 aliphatic heterocycles. The van der Waals surface area contributed by atoms with Gasteiger partial charge in [-0.25, -0.2) is 4.79 Å². The van der Waals surface area contributed by atoms with E-state index in [1.165, 1.54) is 22.0 Å². The number of hydrogen-bond acceptors (Lipinski definition) is 3. The number of amides is 3. The van der Waals surface area contributed by atoms with Gasteiger partial charge in [0.25, 0.3) is 5.91 Å². The van der Waals surface area contributed by atoms with Crippen LogP contribution in [-0.4, -0.2) is 47.5 Å². The van der Waals surface area contributed by atoms with Crippen LogP contribution in [0, 0.1) is 5.92 Å². The molecule has 6 nitrogen and oxygen atoms in total. The average molecular weight is 445 g/mol. The molecule has 1 aromatic heterocycles. The highest BCUT2D eigenvalue weighted by Crippen LogP contribution is 2.45. The van der Waals surface area contributed by atoms with Gasteiger partial charge in [0.15, 0.2) is 0 Å². The number of urea groups is 1. The lowest BCUT2D eigenvalue weighted by molar-refractivity contribution is 0.0814. The second kappa shape index (κ2) is 9.40. The van der Waals surface area contributed by atoms with Crippen LogP contribution < -0.4 is 10.6 Å². The van der Waals surface area contributed by atoms with Crippen molar-refractivity contribution in [1.29, 1.82) is 0 Å². The quantitative estimate of drug-likeness (QED) is 0.526. The first kappa shape index (κ1) is 21.7. The Morgan fingerprint density at radius 1 is 1.12 bits per heavy atom. The van der Waals surface area contributed by atoms with Gasteiger partial charge >= 0.3 is 6.03 Å². The summed E-state index contributed by atoms with van der Waals surface area (Å²) < 4.78 is 0. The van der Waals surface area contributed by atoms with Crippen LogP contribution in [0.15, 0.2) is 54.7 Å². The lowest BCUT2D eigenvalue weighted by atomic mass is 9.71. The maximum Gasteiger partial charge on any atom is 0.321 e. The fourth-order valence-corrected chi connectivity index (χ4v) is 5.85. The number of carbonyl (C=O) groups is 2. The number of benzene rings is 2. The SMILES string of the molecule is CCCN1C[C@H](CCNC(=O)NC(=O)c2ccccc2)C[C@@H]2c3cccc4[nH]cc(c34)C[C@H]21. The van der Waals surface area contributed by atoms with Crippen LogP contribution in [0.5, 0.6) is 0 Å². The number of rotatable bonds is 6. The van der Waals surface area contributed by atoms with Crippen molar-refractivity contribution in [2.24, 2.45) is 5.92 Å². The fraction of sp³-hybridized carbons (Fsp3) is 0.407. The predicted octanol–water partition coefficient (Wildman–Crippen LogP) is 4.44. The third-order valence-electron chi connectivity index (χ3n) is 7.27. The smallest absolute Gasteiger partial charge is 0.321 e. The number of hydrogen-bond donors (Lipinski definition) is 3. The van der Waals surface area contributed by atoms with Crippen molar-refractivity contribution >= 4 is 22.8 Å². The second-order valence-electron chi connectivity index (χ2n) is 9.42. The van der Waals surface area contributed by atoms with E-state index in [0.717, 1.165) is 38.8 Å². The molecule has 0 radical (unpaired) electrons. The van der Waals surface area contributed by atoms with Gasteiger partial charge in [-0.2, -0.15) is 0 Å². The van der Waals surface area contributed by atoms with Gasteiger partial charge in [-0.1, -0.05) is 37.3 Å². The van der Waals surface area contributed by atoms with Crippen LogP contribution in [-0.2, 0) is 6.42 Å². The number of likely N-dealkylation sites (tertiary alicyclic amines) is 1. The van der Waals surface area contributed by atoms with Crippen molar-refractivity contribution in [1.82, 2.24) is 20.5 Å². The molecule has 0 unspecified atom stereocenters. The van der Waals surface area contributed by atoms with E-state index in [1.54, 1.807) is 24.3 Å². The molecule has 1 saturated heterocycles. The van der Waals surface area contributed by atoms with E-state index in [0.29, 0.717) is 30.0 Å². The molecule has 0 spiro atoms. The van der Waals surface area contributed by atoms with Crippen LogP contribution in [0.4, 0.5) is 4.79 Å². The van der Waals surface area contributed by atoms with Gasteiger partial charge in [-0.05, 0) is 67.5 Å². The van der Waals surface area contributed by atoms with Gasteiger partial charge in [0, 0.05) is 47.7 Å². The molecule has 0 bridgehead atoms. The number of piperidine rings is 1. The number of carbonyl (C=O) groups excluding carboxylic acids is 2. The van der Waals surface area contributed by atoms with E-state index >= 15 is 0 Å². The van der Waals surface area contributed by atoms with E-state index in [4.69, 9.17) is 0 Å². The Morgan fingerprint density at radius 2 is 1.97 bits per heavy atom. The Labute approximate surface area is 194 Å². The highest BCUT2D eigenvalue weighted by Gasteiger charge is 2.40. The summed E-state index contributed by atoms with van der Waals surface area (Å²) in [6.45, 7) is 4.99. The van der Waals surface area contributed by atoms with Crippen LogP contribution in [0.1, 0.15) is 53.6 Å². The molecule has 2 aliphatic rings. The Kier molecular flexibility index (Phi) is 6.18. The Balaban J connectivity index is 1.22. The first-order valence-electron chi connectivity index (χ1n) is 12.1. The van der Waals surface area contributed by atoms with Gasteiger partial charge in [0.2, 0.25) is 0 Å². The van der Waals surface area contributed by atoms with Gasteiger partial charge in [0.05, 0.1) is 0 Å². The third kappa shape index (κ3) is 4.40. The molecule has 3 atom stereocenters. The summed E-state index contributed by atoms with van der Waals surface area (Å²) in [5.41, 5.74) is 4.65. The van der Waals surface area contributed by atoms with Crippen molar-refractivity contribution in [2.45, 2.75) is 44.6 Å². The normalized spacial score (nSPS) is 22.0. The van der Waals surface area contributed by atoms with E-state index in [1.807, 2.05) is 6.07 Å². The fourth-order valence-electron chi connectivity index (χ4n) is 5.85. The van der Waals surface area contributed by atoms with E-state index in [-0.39, 0.29) is 5.91 Å². The molecule has 3 N–H and O–H groups in total. The monoisotopic (exact) mass is 444 g/mol. The van der Waals surface area contributed by atoms with E-state index in [2.05, 4.69) is 51.8 Å². The lowest BCUT2D eigenvalue weighted by Crippen LogP contribution is -2.50. The zero-order valence-electron chi connectivity index (χ0n) is 19.1. The Bertz CT molecular complexity index is 1140. The molecule has 2 aromatic carbocycles. The highest BCUT2D eigenvalue weighted by molar-refractivity contribution is 6.04. The van der Waals surface area contributed by atoms with Crippen molar-refractivity contribution in [3.63, 3.8) is 0 Å². The molecule has 172 valence electrons. The van der Waals surface area contributed by atoms with E-state index < -0.39 is 6.03 Å². The second-order valence-corrected chi connectivity index (χ2v) is 9.42. The first-order valence-corrected chi connectivity index (χ1v) is 12.1. The molecule has 0 saturated carbocycles. The van der Waals surface area contributed by atoms with Crippen molar-refractivity contribution < 1.29 is 9.59 Å². The third-order valence-corrected chi connectivity index (χ3v) is 7.27. The number of fused-ring (bicyclic) bond motifs is 2. The molecule has 6 heteroatoms. The molecule has 5 rings (SSSR count). The Morgan fingerprint density at radius 3 is 2.79 bits per heavy atom. The largest absolute Gasteiger partial charge is 0.361 e. The summed E-state index contributed by atoms with van der Waals surface area (Å²) in [5, 5.41) is 6.74.